The van der Waals surface area contributed by atoms with Gasteiger partial charge in [-0.3, -0.25) is 19.2 Å². The number of amides is 3. The molecule has 0 radical (unpaired) electrons. The highest BCUT2D eigenvalue weighted by Crippen LogP contribution is 2.29. The van der Waals surface area contributed by atoms with Crippen molar-refractivity contribution >= 4 is 23.5 Å². The molecule has 9 heteroatoms. The molecule has 3 aliphatic heterocycles. The molecule has 3 fully saturated rings. The van der Waals surface area contributed by atoms with Crippen LogP contribution in [-0.4, -0.2) is 102 Å². The van der Waals surface area contributed by atoms with Gasteiger partial charge >= 0.3 is 0 Å². The normalized spacial score (nSPS) is 24.7. The van der Waals surface area contributed by atoms with E-state index < -0.39 is 12.1 Å². The minimum atomic E-state index is -0.530. The van der Waals surface area contributed by atoms with Gasteiger partial charge in [0.25, 0.3) is 0 Å². The lowest BCUT2D eigenvalue weighted by atomic mass is 9.99. The topological polar surface area (TPSA) is 99.3 Å². The van der Waals surface area contributed by atoms with Crippen molar-refractivity contribution in [3.8, 4) is 0 Å². The number of hydrogen-bond acceptors (Lipinski definition) is 6. The molecule has 0 saturated carbocycles. The average Bonchev–Trinajstić information content (AvgIpc) is 3.59. The summed E-state index contributed by atoms with van der Waals surface area (Å²) in [6.07, 6.45) is 4.55. The largest absolute Gasteiger partial charge is 0.380 e. The predicted octanol–water partition coefficient (Wildman–Crippen LogP) is 1.59. The first-order valence-electron chi connectivity index (χ1n) is 13.5. The number of hydrogen-bond donors (Lipinski definition) is 1. The van der Waals surface area contributed by atoms with Crippen LogP contribution in [0.15, 0.2) is 0 Å². The zero-order valence-electron chi connectivity index (χ0n) is 22.0. The van der Waals surface area contributed by atoms with Crippen LogP contribution in [0.5, 0.6) is 0 Å². The van der Waals surface area contributed by atoms with Gasteiger partial charge in [0.2, 0.25) is 17.7 Å². The summed E-state index contributed by atoms with van der Waals surface area (Å²) in [5, 5.41) is 3.27. The Morgan fingerprint density at radius 2 is 1.29 bits per heavy atom. The van der Waals surface area contributed by atoms with E-state index in [0.29, 0.717) is 58.2 Å². The number of Topliss-reactive ketones (excluding diaryl/α,β-unsaturated/α-hetero) is 1. The van der Waals surface area contributed by atoms with Crippen LogP contribution in [-0.2, 0) is 23.9 Å². The fourth-order valence-corrected chi connectivity index (χ4v) is 5.53. The summed E-state index contributed by atoms with van der Waals surface area (Å²) in [6.45, 7) is 11.2. The third-order valence-electron chi connectivity index (χ3n) is 7.37. The number of ether oxygens (including phenoxy) is 1. The van der Waals surface area contributed by atoms with Crippen molar-refractivity contribution in [2.24, 2.45) is 5.92 Å². The fraction of sp³-hybridized carbons (Fsp3) is 0.846. The molecular weight excluding hydrogens is 448 g/mol. The molecule has 1 N–H and O–H groups in total. The first-order chi connectivity index (χ1) is 16.7. The Labute approximate surface area is 209 Å². The number of ketones is 1. The standard InChI is InChI=1S/C26H44N4O5/c1-18(2)24(32)20-8-5-14-29(20)26(34)22-10-7-15-30(22)25(33)21-9-6-13-28(21)23(31)11-16-35-17-12-27-19(3)4/h18-22,27H,5-17H2,1-4H3. The van der Waals surface area contributed by atoms with E-state index in [9.17, 15) is 19.2 Å². The van der Waals surface area contributed by atoms with E-state index in [1.54, 1.807) is 14.7 Å². The van der Waals surface area contributed by atoms with Gasteiger partial charge in [-0.25, -0.2) is 0 Å². The summed E-state index contributed by atoms with van der Waals surface area (Å²) >= 11 is 0. The molecule has 198 valence electrons. The van der Waals surface area contributed by atoms with E-state index in [1.165, 1.54) is 0 Å². The predicted molar refractivity (Wildman–Crippen MR) is 133 cm³/mol. The monoisotopic (exact) mass is 492 g/mol. The zero-order chi connectivity index (χ0) is 25.5. The number of carbonyl (C=O) groups excluding carboxylic acids is 4. The van der Waals surface area contributed by atoms with Gasteiger partial charge in [-0.1, -0.05) is 27.7 Å². The summed E-state index contributed by atoms with van der Waals surface area (Å²) in [5.74, 6) is -0.321. The molecular formula is C26H44N4O5. The lowest BCUT2D eigenvalue weighted by molar-refractivity contribution is -0.150. The number of rotatable bonds is 11. The van der Waals surface area contributed by atoms with Crippen LogP contribution in [0.25, 0.3) is 0 Å². The molecule has 3 rings (SSSR count). The Morgan fingerprint density at radius 1 is 0.771 bits per heavy atom. The van der Waals surface area contributed by atoms with Crippen molar-refractivity contribution in [2.75, 3.05) is 39.4 Å². The zero-order valence-corrected chi connectivity index (χ0v) is 22.0. The Bertz CT molecular complexity index is 771. The van der Waals surface area contributed by atoms with Gasteiger partial charge in [-0.05, 0) is 38.5 Å². The number of nitrogens with zero attached hydrogens (tertiary/aromatic N) is 3. The quantitative estimate of drug-likeness (QED) is 0.440. The summed E-state index contributed by atoms with van der Waals surface area (Å²) in [5.41, 5.74) is 0. The highest BCUT2D eigenvalue weighted by Gasteiger charge is 2.45. The minimum absolute atomic E-state index is 0.0677. The molecule has 3 amide bonds. The average molecular weight is 493 g/mol. The lowest BCUT2D eigenvalue weighted by Gasteiger charge is -2.34. The van der Waals surface area contributed by atoms with Crippen molar-refractivity contribution < 1.29 is 23.9 Å². The number of nitrogens with one attached hydrogen (secondary N) is 1. The summed E-state index contributed by atoms with van der Waals surface area (Å²) in [6, 6.07) is -1.02. The van der Waals surface area contributed by atoms with E-state index in [2.05, 4.69) is 19.2 Å². The van der Waals surface area contributed by atoms with Crippen LogP contribution < -0.4 is 5.32 Å². The molecule has 0 aromatic carbocycles. The maximum atomic E-state index is 13.5. The van der Waals surface area contributed by atoms with Crippen LogP contribution in [0.4, 0.5) is 0 Å². The van der Waals surface area contributed by atoms with Crippen LogP contribution >= 0.6 is 0 Å². The summed E-state index contributed by atoms with van der Waals surface area (Å²) in [4.78, 5) is 57.6. The second kappa shape index (κ2) is 12.8. The third kappa shape index (κ3) is 6.82. The summed E-state index contributed by atoms with van der Waals surface area (Å²) in [7, 11) is 0. The van der Waals surface area contributed by atoms with Crippen molar-refractivity contribution in [1.82, 2.24) is 20.0 Å². The van der Waals surface area contributed by atoms with Gasteiger partial charge in [-0.15, -0.1) is 0 Å². The van der Waals surface area contributed by atoms with Crippen molar-refractivity contribution in [1.29, 1.82) is 0 Å². The van der Waals surface area contributed by atoms with E-state index in [0.717, 1.165) is 25.8 Å². The maximum Gasteiger partial charge on any atom is 0.246 e. The first kappa shape index (κ1) is 27.6. The molecule has 0 aliphatic carbocycles. The Hall–Kier alpha value is -2.00. The van der Waals surface area contributed by atoms with Gasteiger partial charge in [0.15, 0.2) is 5.78 Å². The van der Waals surface area contributed by atoms with E-state index >= 15 is 0 Å². The molecule has 3 atom stereocenters. The molecule has 9 nitrogen and oxygen atoms in total. The molecule has 3 saturated heterocycles. The molecule has 0 spiro atoms. The van der Waals surface area contributed by atoms with Gasteiger partial charge < -0.3 is 24.8 Å². The van der Waals surface area contributed by atoms with E-state index in [4.69, 9.17) is 4.74 Å². The number of carbonyl (C=O) groups is 4. The van der Waals surface area contributed by atoms with E-state index in [-0.39, 0.29) is 41.9 Å². The van der Waals surface area contributed by atoms with Crippen LogP contribution in [0.3, 0.4) is 0 Å². The number of likely N-dealkylation sites (tertiary alicyclic amines) is 3. The highest BCUT2D eigenvalue weighted by atomic mass is 16.5. The van der Waals surface area contributed by atoms with Crippen molar-refractivity contribution in [3.05, 3.63) is 0 Å². The van der Waals surface area contributed by atoms with Crippen molar-refractivity contribution in [3.63, 3.8) is 0 Å². The van der Waals surface area contributed by atoms with Gasteiger partial charge in [-0.2, -0.15) is 0 Å². The Kier molecular flexibility index (Phi) is 10.1. The van der Waals surface area contributed by atoms with Gasteiger partial charge in [0.05, 0.1) is 25.7 Å². The van der Waals surface area contributed by atoms with E-state index in [1.807, 2.05) is 13.8 Å². The van der Waals surface area contributed by atoms with Gasteiger partial charge in [0.1, 0.15) is 12.1 Å². The van der Waals surface area contributed by atoms with Crippen LogP contribution in [0.1, 0.15) is 72.6 Å². The van der Waals surface area contributed by atoms with Crippen molar-refractivity contribution in [2.45, 2.75) is 96.8 Å². The fourth-order valence-electron chi connectivity index (χ4n) is 5.53. The third-order valence-corrected chi connectivity index (χ3v) is 7.37. The highest BCUT2D eigenvalue weighted by molar-refractivity contribution is 5.96. The smallest absolute Gasteiger partial charge is 0.246 e. The molecule has 3 aliphatic rings. The molecule has 0 bridgehead atoms. The second-order valence-corrected chi connectivity index (χ2v) is 10.7. The molecule has 0 aromatic rings. The summed E-state index contributed by atoms with van der Waals surface area (Å²) < 4.78 is 5.58. The first-order valence-corrected chi connectivity index (χ1v) is 13.5. The van der Waals surface area contributed by atoms with Gasteiger partial charge in [0, 0.05) is 38.1 Å². The minimum Gasteiger partial charge on any atom is -0.380 e. The molecule has 3 heterocycles. The Morgan fingerprint density at radius 3 is 1.86 bits per heavy atom. The Balaban J connectivity index is 1.56. The molecule has 3 unspecified atom stereocenters. The second-order valence-electron chi connectivity index (χ2n) is 10.7. The maximum absolute atomic E-state index is 13.5. The van der Waals surface area contributed by atoms with Crippen LogP contribution in [0.2, 0.25) is 0 Å². The van der Waals surface area contributed by atoms with Crippen LogP contribution in [0, 0.1) is 5.92 Å². The lowest BCUT2D eigenvalue weighted by Crippen LogP contribution is -2.55. The molecule has 35 heavy (non-hydrogen) atoms. The molecule has 0 aromatic heterocycles. The SMILES string of the molecule is CC(C)NCCOCCC(=O)N1CCCC1C(=O)N1CCCC1C(=O)N1CCCC1C(=O)C(C)C.